The number of anilines is 1. The molecule has 0 spiro atoms. The van der Waals surface area contributed by atoms with E-state index in [-0.39, 0.29) is 17.8 Å². The molecule has 0 aliphatic heterocycles. The van der Waals surface area contributed by atoms with Crippen LogP contribution in [0.5, 0.6) is 0 Å². The highest BCUT2D eigenvalue weighted by atomic mass is 19.4. The van der Waals surface area contributed by atoms with Gasteiger partial charge in [0.05, 0.1) is 17.7 Å². The van der Waals surface area contributed by atoms with Crippen molar-refractivity contribution in [2.75, 3.05) is 12.0 Å². The van der Waals surface area contributed by atoms with E-state index in [1.54, 1.807) is 0 Å². The average molecular weight is 302 g/mol. The van der Waals surface area contributed by atoms with Crippen molar-refractivity contribution in [3.63, 3.8) is 0 Å². The number of aromatic amines is 1. The van der Waals surface area contributed by atoms with E-state index in [0.717, 1.165) is 12.1 Å². The minimum absolute atomic E-state index is 0.0737. The van der Waals surface area contributed by atoms with Crippen molar-refractivity contribution in [1.29, 1.82) is 0 Å². The summed E-state index contributed by atoms with van der Waals surface area (Å²) >= 11 is 0. The zero-order chi connectivity index (χ0) is 15.5. The lowest BCUT2D eigenvalue weighted by Gasteiger charge is -2.08. The fraction of sp³-hybridized carbons (Fsp3) is 0.333. The number of amides is 1. The van der Waals surface area contributed by atoms with Gasteiger partial charge in [0, 0.05) is 5.39 Å². The number of ether oxygens (including phenoxy) is 1. The zero-order valence-corrected chi connectivity index (χ0v) is 11.0. The maximum Gasteiger partial charge on any atom is 0.425 e. The molecule has 0 saturated carbocycles. The summed E-state index contributed by atoms with van der Waals surface area (Å²) in [4.78, 5) is 11.2. The Hall–Kier alpha value is -2.45. The normalized spacial score (nSPS) is 11.4. The van der Waals surface area contributed by atoms with Crippen molar-refractivity contribution < 1.29 is 22.7 Å². The number of H-pyrrole nitrogens is 1. The Bertz CT molecular complexity index is 639. The Labute approximate surface area is 117 Å². The number of nitrogens with zero attached hydrogens (tertiary/aromatic N) is 1. The van der Waals surface area contributed by atoms with Crippen LogP contribution in [0.3, 0.4) is 0 Å². The second-order valence-electron chi connectivity index (χ2n) is 4.22. The average Bonchev–Trinajstić information content (AvgIpc) is 2.84. The Morgan fingerprint density at radius 2 is 2.19 bits per heavy atom. The molecule has 1 aromatic carbocycles. The van der Waals surface area contributed by atoms with Crippen LogP contribution in [0.15, 0.2) is 18.2 Å². The summed E-state index contributed by atoms with van der Waals surface area (Å²) in [5.74, 6) is 0.0737. The first-order chi connectivity index (χ1) is 9.91. The van der Waals surface area contributed by atoms with Crippen LogP contribution >= 0.6 is 0 Å². The molecule has 2 aromatic rings. The Morgan fingerprint density at radius 3 is 2.86 bits per heavy atom. The molecule has 3 N–H and O–H groups in total. The molecule has 0 aliphatic carbocycles. The quantitative estimate of drug-likeness (QED) is 0.758. The van der Waals surface area contributed by atoms with Crippen molar-refractivity contribution in [3.8, 4) is 0 Å². The third-order valence-electron chi connectivity index (χ3n) is 2.61. The molecule has 2 rings (SSSR count). The summed E-state index contributed by atoms with van der Waals surface area (Å²) in [6, 6.07) is 3.17. The number of carbonyl (C=O) groups is 1. The lowest BCUT2D eigenvalue weighted by Crippen LogP contribution is -2.30. The number of hydrazine groups is 1. The van der Waals surface area contributed by atoms with E-state index >= 15 is 0 Å². The fourth-order valence-electron chi connectivity index (χ4n) is 1.63. The zero-order valence-electron chi connectivity index (χ0n) is 11.0. The minimum atomic E-state index is -4.45. The Morgan fingerprint density at radius 1 is 1.43 bits per heavy atom. The third kappa shape index (κ3) is 3.56. The minimum Gasteiger partial charge on any atom is -0.448 e. The van der Waals surface area contributed by atoms with E-state index in [2.05, 4.69) is 21.0 Å². The molecule has 21 heavy (non-hydrogen) atoms. The van der Waals surface area contributed by atoms with Crippen molar-refractivity contribution in [3.05, 3.63) is 23.8 Å². The first-order valence-electron chi connectivity index (χ1n) is 6.16. The van der Waals surface area contributed by atoms with Gasteiger partial charge in [-0.1, -0.05) is 6.92 Å². The molecule has 6 nitrogen and oxygen atoms in total. The molecular formula is C12H13F3N4O2. The number of halogens is 3. The molecule has 114 valence electrons. The summed E-state index contributed by atoms with van der Waals surface area (Å²) in [6.45, 7) is 2.08. The van der Waals surface area contributed by atoms with Crippen molar-refractivity contribution in [2.45, 2.75) is 19.5 Å². The van der Waals surface area contributed by atoms with Gasteiger partial charge in [-0.05, 0) is 24.6 Å². The number of hydrogen-bond acceptors (Lipinski definition) is 4. The van der Waals surface area contributed by atoms with Crippen LogP contribution in [-0.2, 0) is 10.9 Å². The van der Waals surface area contributed by atoms with E-state index in [0.29, 0.717) is 11.9 Å². The molecule has 0 bridgehead atoms. The smallest absolute Gasteiger partial charge is 0.425 e. The SMILES string of the molecule is CCCOC(=O)NNc1n[nH]c2ccc(C(F)(F)F)cc12. The lowest BCUT2D eigenvalue weighted by molar-refractivity contribution is -0.137. The number of hydrogen-bond donors (Lipinski definition) is 3. The van der Waals surface area contributed by atoms with Gasteiger partial charge in [0.25, 0.3) is 0 Å². The predicted molar refractivity (Wildman–Crippen MR) is 69.5 cm³/mol. The lowest BCUT2D eigenvalue weighted by atomic mass is 10.1. The maximum absolute atomic E-state index is 12.7. The van der Waals surface area contributed by atoms with Gasteiger partial charge in [-0.25, -0.2) is 10.2 Å². The molecule has 0 aliphatic rings. The summed E-state index contributed by atoms with van der Waals surface area (Å²) < 4.78 is 42.7. The first kappa shape index (κ1) is 14.9. The number of nitrogens with one attached hydrogen (secondary N) is 3. The van der Waals surface area contributed by atoms with E-state index in [4.69, 9.17) is 4.74 Å². The molecule has 0 radical (unpaired) electrons. The molecule has 1 amide bonds. The number of fused-ring (bicyclic) bond motifs is 1. The van der Waals surface area contributed by atoms with Gasteiger partial charge in [0.15, 0.2) is 5.82 Å². The largest absolute Gasteiger partial charge is 0.448 e. The van der Waals surface area contributed by atoms with E-state index in [1.165, 1.54) is 6.07 Å². The van der Waals surface area contributed by atoms with Crippen molar-refractivity contribution in [2.24, 2.45) is 0 Å². The summed E-state index contributed by atoms with van der Waals surface area (Å²) in [6.07, 6.45) is -4.52. The summed E-state index contributed by atoms with van der Waals surface area (Å²) in [5.41, 5.74) is 4.23. The van der Waals surface area contributed by atoms with Gasteiger partial charge in [0.1, 0.15) is 0 Å². The number of rotatable bonds is 4. The predicted octanol–water partition coefficient (Wildman–Crippen LogP) is 3.04. The van der Waals surface area contributed by atoms with Crippen LogP contribution < -0.4 is 10.9 Å². The van der Waals surface area contributed by atoms with Gasteiger partial charge in [-0.15, -0.1) is 0 Å². The van der Waals surface area contributed by atoms with E-state index in [9.17, 15) is 18.0 Å². The van der Waals surface area contributed by atoms with Crippen molar-refractivity contribution >= 4 is 22.8 Å². The monoisotopic (exact) mass is 302 g/mol. The molecule has 9 heteroatoms. The second-order valence-corrected chi connectivity index (χ2v) is 4.22. The maximum atomic E-state index is 12.7. The molecule has 1 aromatic heterocycles. The van der Waals surface area contributed by atoms with Crippen LogP contribution in [0.1, 0.15) is 18.9 Å². The second kappa shape index (κ2) is 5.90. The van der Waals surface area contributed by atoms with Crippen LogP contribution in [0.4, 0.5) is 23.8 Å². The third-order valence-corrected chi connectivity index (χ3v) is 2.61. The van der Waals surface area contributed by atoms with Crippen LogP contribution in [0.25, 0.3) is 10.9 Å². The van der Waals surface area contributed by atoms with E-state index < -0.39 is 17.8 Å². The Kier molecular flexibility index (Phi) is 4.20. The van der Waals surface area contributed by atoms with Gasteiger partial charge < -0.3 is 4.74 Å². The molecule has 0 unspecified atom stereocenters. The summed E-state index contributed by atoms with van der Waals surface area (Å²) in [7, 11) is 0. The van der Waals surface area contributed by atoms with E-state index in [1.807, 2.05) is 6.92 Å². The Balaban J connectivity index is 2.15. The molecular weight excluding hydrogens is 289 g/mol. The highest BCUT2D eigenvalue weighted by Crippen LogP contribution is 2.32. The number of carbonyl (C=O) groups excluding carboxylic acids is 1. The van der Waals surface area contributed by atoms with Gasteiger partial charge >= 0.3 is 12.3 Å². The topological polar surface area (TPSA) is 79.0 Å². The standard InChI is InChI=1S/C12H13F3N4O2/c1-2-5-21-11(20)19-18-10-8-6-7(12(13,14)15)3-4-9(8)16-17-10/h3-4,6H,2,5H2,1H3,(H,19,20)(H2,16,17,18). The van der Waals surface area contributed by atoms with Crippen molar-refractivity contribution in [1.82, 2.24) is 15.6 Å². The van der Waals surface area contributed by atoms with Gasteiger partial charge in [-0.3, -0.25) is 10.5 Å². The highest BCUT2D eigenvalue weighted by Gasteiger charge is 2.30. The molecule has 0 saturated heterocycles. The molecule has 1 heterocycles. The van der Waals surface area contributed by atoms with Crippen LogP contribution in [0, 0.1) is 0 Å². The molecule has 0 atom stereocenters. The van der Waals surface area contributed by atoms with Gasteiger partial charge in [-0.2, -0.15) is 18.3 Å². The number of aromatic nitrogens is 2. The van der Waals surface area contributed by atoms with Crippen LogP contribution in [-0.4, -0.2) is 22.9 Å². The summed E-state index contributed by atoms with van der Waals surface area (Å²) in [5, 5.41) is 6.57. The van der Waals surface area contributed by atoms with Gasteiger partial charge in [0.2, 0.25) is 0 Å². The highest BCUT2D eigenvalue weighted by molar-refractivity contribution is 5.90. The number of benzene rings is 1. The van der Waals surface area contributed by atoms with Crippen LogP contribution in [0.2, 0.25) is 0 Å². The first-order valence-corrected chi connectivity index (χ1v) is 6.16. The molecule has 0 fully saturated rings. The number of alkyl halides is 3. The fourth-order valence-corrected chi connectivity index (χ4v) is 1.63.